The molecule has 5 atom stereocenters. The summed E-state index contributed by atoms with van der Waals surface area (Å²) < 4.78 is 7.51. The predicted molar refractivity (Wildman–Crippen MR) is 105 cm³/mol. The summed E-state index contributed by atoms with van der Waals surface area (Å²) in [5.41, 5.74) is 1.87. The van der Waals surface area contributed by atoms with Gasteiger partial charge in [0.25, 0.3) is 0 Å². The van der Waals surface area contributed by atoms with Crippen LogP contribution in [0.5, 0.6) is 0 Å². The second-order valence-electron chi connectivity index (χ2n) is 7.05. The first-order chi connectivity index (χ1) is 13.5. The summed E-state index contributed by atoms with van der Waals surface area (Å²) in [5.74, 6) is 0. The summed E-state index contributed by atoms with van der Waals surface area (Å²) >= 11 is 1.68. The lowest BCUT2D eigenvalue weighted by Crippen LogP contribution is -2.56. The second-order valence-corrected chi connectivity index (χ2v) is 8.25. The molecule has 3 aromatic rings. The Morgan fingerprint density at radius 1 is 1.14 bits per heavy atom. The Labute approximate surface area is 166 Å². The normalized spacial score (nSPS) is 28.1. The van der Waals surface area contributed by atoms with Gasteiger partial charge in [0.05, 0.1) is 17.1 Å². The fraction of sp³-hybridized carbons (Fsp3) is 0.450. The molecule has 0 unspecified atom stereocenters. The third kappa shape index (κ3) is 3.36. The van der Waals surface area contributed by atoms with Gasteiger partial charge in [0.15, 0.2) is 6.23 Å². The molecule has 0 aliphatic carbocycles. The van der Waals surface area contributed by atoms with Crippen LogP contribution in [0.3, 0.4) is 0 Å². The van der Waals surface area contributed by atoms with Crippen molar-refractivity contribution in [3.05, 3.63) is 52.1 Å². The number of nitrogens with zero attached hydrogens (tertiary/aromatic N) is 2. The maximum absolute atomic E-state index is 10.5. The van der Waals surface area contributed by atoms with E-state index in [-0.39, 0.29) is 0 Å². The molecule has 4 N–H and O–H groups in total. The standard InChI is InChI=1S/C20H24N2O5S/c1-2-12-8-21-16(28-12)7-11-9-22(14-6-4-3-5-13(11)14)20-19(26)18(25)17(24)15(10-23)27-20/h3-6,8-9,15,17-20,23-26H,2,7,10H2,1H3/t15-,17-,18+,19-,20-/m1/s1. The number of aliphatic hydroxyl groups excluding tert-OH is 4. The zero-order valence-electron chi connectivity index (χ0n) is 15.5. The van der Waals surface area contributed by atoms with E-state index in [1.165, 1.54) is 4.88 Å². The zero-order valence-corrected chi connectivity index (χ0v) is 16.3. The maximum Gasteiger partial charge on any atom is 0.163 e. The van der Waals surface area contributed by atoms with Crippen LogP contribution < -0.4 is 0 Å². The summed E-state index contributed by atoms with van der Waals surface area (Å²) in [6, 6.07) is 7.76. The first-order valence-corrected chi connectivity index (χ1v) is 10.2. The van der Waals surface area contributed by atoms with Gasteiger partial charge in [-0.2, -0.15) is 0 Å². The summed E-state index contributed by atoms with van der Waals surface area (Å²) in [6.07, 6.45) is -0.586. The third-order valence-electron chi connectivity index (χ3n) is 5.26. The number of aromatic nitrogens is 2. The van der Waals surface area contributed by atoms with E-state index in [0.29, 0.717) is 6.42 Å². The minimum Gasteiger partial charge on any atom is -0.394 e. The Bertz CT molecular complexity index is 953. The minimum absolute atomic E-state index is 0.452. The predicted octanol–water partition coefficient (Wildman–Crippen LogP) is 1.22. The van der Waals surface area contributed by atoms with E-state index in [4.69, 9.17) is 4.74 Å². The number of benzene rings is 1. The van der Waals surface area contributed by atoms with Crippen LogP contribution in [-0.4, -0.2) is 61.0 Å². The van der Waals surface area contributed by atoms with E-state index in [1.807, 2.05) is 36.7 Å². The number of fused-ring (bicyclic) bond motifs is 1. The number of aryl methyl sites for hydroxylation is 1. The van der Waals surface area contributed by atoms with Crippen molar-refractivity contribution in [2.75, 3.05) is 6.61 Å². The summed E-state index contributed by atoms with van der Waals surface area (Å²) in [4.78, 5) is 5.72. The lowest BCUT2D eigenvalue weighted by atomic mass is 9.98. The van der Waals surface area contributed by atoms with Crippen LogP contribution in [0.2, 0.25) is 0 Å². The molecule has 2 aromatic heterocycles. The molecule has 4 rings (SSSR count). The van der Waals surface area contributed by atoms with E-state index in [2.05, 4.69) is 11.9 Å². The van der Waals surface area contributed by atoms with Gasteiger partial charge in [0, 0.05) is 29.1 Å². The van der Waals surface area contributed by atoms with Gasteiger partial charge < -0.3 is 29.7 Å². The van der Waals surface area contributed by atoms with E-state index in [0.717, 1.165) is 27.9 Å². The average molecular weight is 404 g/mol. The van der Waals surface area contributed by atoms with Crippen LogP contribution >= 0.6 is 11.3 Å². The van der Waals surface area contributed by atoms with Crippen LogP contribution in [0.4, 0.5) is 0 Å². The SMILES string of the molecule is CCc1cnc(Cc2cn([C@@H]3O[C@H](CO)[C@@H](O)[C@H](O)[C@H]3O)c3ccccc23)s1. The van der Waals surface area contributed by atoms with Crippen LogP contribution in [0.1, 0.15) is 28.6 Å². The third-order valence-corrected chi connectivity index (χ3v) is 6.40. The topological polar surface area (TPSA) is 108 Å². The number of aliphatic hydroxyl groups is 4. The summed E-state index contributed by atoms with van der Waals surface area (Å²) in [5, 5.41) is 42.2. The molecule has 0 spiro atoms. The molecule has 0 radical (unpaired) electrons. The molecular weight excluding hydrogens is 380 g/mol. The van der Waals surface area contributed by atoms with Gasteiger partial charge in [-0.1, -0.05) is 25.1 Å². The van der Waals surface area contributed by atoms with Crippen LogP contribution in [0, 0.1) is 0 Å². The molecule has 28 heavy (non-hydrogen) atoms. The fourth-order valence-corrected chi connectivity index (χ4v) is 4.58. The molecule has 0 amide bonds. The van der Waals surface area contributed by atoms with Crippen molar-refractivity contribution in [3.63, 3.8) is 0 Å². The van der Waals surface area contributed by atoms with Crippen LogP contribution in [-0.2, 0) is 17.6 Å². The first-order valence-electron chi connectivity index (χ1n) is 9.36. The van der Waals surface area contributed by atoms with E-state index in [1.54, 1.807) is 15.9 Å². The molecule has 3 heterocycles. The number of hydrogen-bond acceptors (Lipinski definition) is 7. The van der Waals surface area contributed by atoms with Gasteiger partial charge >= 0.3 is 0 Å². The molecule has 1 aliphatic rings. The molecule has 0 saturated carbocycles. The number of thiazole rings is 1. The van der Waals surface area contributed by atoms with Gasteiger partial charge in [-0.05, 0) is 18.1 Å². The molecule has 8 heteroatoms. The second kappa shape index (κ2) is 7.90. The molecule has 150 valence electrons. The molecule has 1 fully saturated rings. The average Bonchev–Trinajstić information content (AvgIpc) is 3.32. The van der Waals surface area contributed by atoms with Crippen LogP contribution in [0.15, 0.2) is 36.7 Å². The lowest BCUT2D eigenvalue weighted by molar-refractivity contribution is -0.250. The maximum atomic E-state index is 10.5. The Hall–Kier alpha value is -1.81. The van der Waals surface area contributed by atoms with Crippen LogP contribution in [0.25, 0.3) is 10.9 Å². The number of hydrogen-bond donors (Lipinski definition) is 4. The minimum atomic E-state index is -1.41. The summed E-state index contributed by atoms with van der Waals surface area (Å²) in [6.45, 7) is 1.65. The fourth-order valence-electron chi connectivity index (χ4n) is 3.70. The molecule has 7 nitrogen and oxygen atoms in total. The van der Waals surface area contributed by atoms with Gasteiger partial charge in [0.1, 0.15) is 24.4 Å². The highest BCUT2D eigenvalue weighted by Gasteiger charge is 2.44. The van der Waals surface area contributed by atoms with Gasteiger partial charge in [-0.15, -0.1) is 11.3 Å². The quantitative estimate of drug-likeness (QED) is 0.509. The monoisotopic (exact) mass is 404 g/mol. The Balaban J connectivity index is 1.73. The van der Waals surface area contributed by atoms with Crippen molar-refractivity contribution >= 4 is 22.2 Å². The Morgan fingerprint density at radius 2 is 1.93 bits per heavy atom. The summed E-state index contributed by atoms with van der Waals surface area (Å²) in [7, 11) is 0. The van der Waals surface area contributed by atoms with Crippen molar-refractivity contribution in [3.8, 4) is 0 Å². The van der Waals surface area contributed by atoms with E-state index in [9.17, 15) is 20.4 Å². The zero-order chi connectivity index (χ0) is 19.8. The smallest absolute Gasteiger partial charge is 0.163 e. The van der Waals surface area contributed by atoms with Crippen molar-refractivity contribution in [1.82, 2.24) is 9.55 Å². The highest BCUT2D eigenvalue weighted by Crippen LogP contribution is 2.34. The van der Waals surface area contributed by atoms with E-state index >= 15 is 0 Å². The lowest BCUT2D eigenvalue weighted by Gasteiger charge is -2.40. The molecule has 0 bridgehead atoms. The molecule has 1 saturated heterocycles. The highest BCUT2D eigenvalue weighted by atomic mass is 32.1. The van der Waals surface area contributed by atoms with Crippen molar-refractivity contribution in [2.24, 2.45) is 0 Å². The van der Waals surface area contributed by atoms with Crippen molar-refractivity contribution in [2.45, 2.75) is 50.4 Å². The largest absolute Gasteiger partial charge is 0.394 e. The Morgan fingerprint density at radius 3 is 2.64 bits per heavy atom. The van der Waals surface area contributed by atoms with Crippen molar-refractivity contribution < 1.29 is 25.2 Å². The number of para-hydroxylation sites is 1. The van der Waals surface area contributed by atoms with E-state index < -0.39 is 37.3 Å². The number of rotatable bonds is 5. The molecular formula is C20H24N2O5S. The Kier molecular flexibility index (Phi) is 5.50. The van der Waals surface area contributed by atoms with Gasteiger partial charge in [-0.3, -0.25) is 0 Å². The molecule has 1 aliphatic heterocycles. The molecule has 1 aromatic carbocycles. The van der Waals surface area contributed by atoms with Gasteiger partial charge in [-0.25, -0.2) is 4.98 Å². The number of ether oxygens (including phenoxy) is 1. The van der Waals surface area contributed by atoms with Crippen molar-refractivity contribution in [1.29, 1.82) is 0 Å². The van der Waals surface area contributed by atoms with Gasteiger partial charge in [0.2, 0.25) is 0 Å². The highest BCUT2D eigenvalue weighted by molar-refractivity contribution is 7.11. The first kappa shape index (κ1) is 19.5.